The molecule has 6 heteroatoms. The Balaban J connectivity index is 2.32. The predicted octanol–water partition coefficient (Wildman–Crippen LogP) is 3.77. The van der Waals surface area contributed by atoms with Gasteiger partial charge in [-0.25, -0.2) is 4.79 Å². The molecule has 0 aliphatic rings. The number of aromatic carboxylic acids is 1. The lowest BCUT2D eigenvalue weighted by Crippen LogP contribution is -2.14. The zero-order valence-electron chi connectivity index (χ0n) is 9.94. The Labute approximate surface area is 122 Å². The van der Waals surface area contributed by atoms with Crippen LogP contribution in [-0.2, 0) is 0 Å². The quantitative estimate of drug-likeness (QED) is 0.894. The molecule has 0 fully saturated rings. The van der Waals surface area contributed by atoms with Crippen molar-refractivity contribution in [1.82, 2.24) is 0 Å². The molecule has 0 bridgehead atoms. The molecule has 1 aromatic carbocycles. The molecule has 0 spiro atoms. The fraction of sp³-hybridized carbons (Fsp3) is 0.0769. The number of carboxylic acid groups (broad SMARTS) is 1. The first kappa shape index (κ1) is 13.8. The summed E-state index contributed by atoms with van der Waals surface area (Å²) >= 11 is 4.39. The van der Waals surface area contributed by atoms with Crippen LogP contribution in [0.1, 0.15) is 25.6 Å². The Morgan fingerprint density at radius 1 is 1.32 bits per heavy atom. The van der Waals surface area contributed by atoms with Crippen LogP contribution in [0.2, 0.25) is 0 Å². The zero-order chi connectivity index (χ0) is 14.0. The predicted molar refractivity (Wildman–Crippen MR) is 78.1 cm³/mol. The number of carboxylic acids is 1. The summed E-state index contributed by atoms with van der Waals surface area (Å²) in [5, 5.41) is 13.4. The number of anilines is 1. The van der Waals surface area contributed by atoms with E-state index < -0.39 is 5.97 Å². The van der Waals surface area contributed by atoms with E-state index in [4.69, 9.17) is 5.11 Å². The number of amides is 1. The second-order valence-electron chi connectivity index (χ2n) is 3.86. The van der Waals surface area contributed by atoms with E-state index in [0.717, 1.165) is 16.9 Å². The number of carbonyl (C=O) groups is 2. The maximum Gasteiger partial charge on any atom is 0.348 e. The number of hydrogen-bond donors (Lipinski definition) is 2. The van der Waals surface area contributed by atoms with Gasteiger partial charge in [0.1, 0.15) is 4.88 Å². The molecule has 1 amide bonds. The minimum atomic E-state index is -1.04. The lowest BCUT2D eigenvalue weighted by atomic mass is 10.2. The molecule has 2 rings (SSSR count). The Hall–Kier alpha value is -1.66. The van der Waals surface area contributed by atoms with Gasteiger partial charge in [-0.1, -0.05) is 12.1 Å². The molecule has 1 heterocycles. The molecule has 2 aromatic rings. The van der Waals surface area contributed by atoms with Crippen LogP contribution >= 0.6 is 27.3 Å². The van der Waals surface area contributed by atoms with Crippen LogP contribution in [-0.4, -0.2) is 17.0 Å². The highest BCUT2D eigenvalue weighted by molar-refractivity contribution is 9.10. The molecule has 0 aliphatic carbocycles. The fourth-order valence-corrected chi connectivity index (χ4v) is 2.89. The smallest absolute Gasteiger partial charge is 0.348 e. The van der Waals surface area contributed by atoms with E-state index in [1.165, 1.54) is 0 Å². The van der Waals surface area contributed by atoms with E-state index in [9.17, 15) is 9.59 Å². The maximum absolute atomic E-state index is 12.1. The fourth-order valence-electron chi connectivity index (χ4n) is 1.58. The second kappa shape index (κ2) is 5.54. The topological polar surface area (TPSA) is 66.4 Å². The Kier molecular flexibility index (Phi) is 4.01. The summed E-state index contributed by atoms with van der Waals surface area (Å²) in [4.78, 5) is 23.3. The van der Waals surface area contributed by atoms with Gasteiger partial charge in [-0.05, 0) is 45.9 Å². The van der Waals surface area contributed by atoms with Crippen molar-refractivity contribution in [3.8, 4) is 0 Å². The third kappa shape index (κ3) is 2.85. The van der Waals surface area contributed by atoms with Crippen LogP contribution in [0.4, 0.5) is 5.69 Å². The lowest BCUT2D eigenvalue weighted by molar-refractivity contribution is 0.0703. The summed E-state index contributed by atoms with van der Waals surface area (Å²) in [5.74, 6) is -1.38. The zero-order valence-corrected chi connectivity index (χ0v) is 12.3. The summed E-state index contributed by atoms with van der Waals surface area (Å²) in [7, 11) is 0. The van der Waals surface area contributed by atoms with E-state index in [1.54, 1.807) is 36.6 Å². The number of benzene rings is 1. The highest BCUT2D eigenvalue weighted by Gasteiger charge is 2.18. The minimum Gasteiger partial charge on any atom is -0.477 e. The van der Waals surface area contributed by atoms with Gasteiger partial charge in [0.15, 0.2) is 0 Å². The largest absolute Gasteiger partial charge is 0.477 e. The van der Waals surface area contributed by atoms with Gasteiger partial charge >= 0.3 is 5.97 Å². The van der Waals surface area contributed by atoms with Crippen LogP contribution < -0.4 is 5.32 Å². The minimum absolute atomic E-state index is 0.137. The Morgan fingerprint density at radius 2 is 2.00 bits per heavy atom. The molecule has 0 atom stereocenters. The summed E-state index contributed by atoms with van der Waals surface area (Å²) < 4.78 is 0.664. The summed E-state index contributed by atoms with van der Waals surface area (Å²) in [6.07, 6.45) is 0. The van der Waals surface area contributed by atoms with Gasteiger partial charge in [0.2, 0.25) is 0 Å². The molecule has 0 saturated carbocycles. The van der Waals surface area contributed by atoms with E-state index >= 15 is 0 Å². The van der Waals surface area contributed by atoms with Crippen molar-refractivity contribution in [2.75, 3.05) is 5.32 Å². The molecule has 0 saturated heterocycles. The molecular weight excluding hydrogens is 330 g/mol. The molecule has 98 valence electrons. The number of halogens is 1. The maximum atomic E-state index is 12.1. The Bertz CT molecular complexity index is 651. The number of thiophene rings is 1. The third-order valence-corrected chi connectivity index (χ3v) is 4.30. The van der Waals surface area contributed by atoms with E-state index in [0.29, 0.717) is 15.7 Å². The molecule has 4 nitrogen and oxygen atoms in total. The molecule has 0 aliphatic heterocycles. The summed E-state index contributed by atoms with van der Waals surface area (Å²) in [5.41, 5.74) is 1.56. The van der Waals surface area contributed by atoms with Crippen molar-refractivity contribution < 1.29 is 14.7 Å². The number of carbonyl (C=O) groups excluding carboxylic acids is 1. The van der Waals surface area contributed by atoms with Crippen LogP contribution in [0, 0.1) is 6.92 Å². The molecule has 1 aromatic heterocycles. The molecule has 0 radical (unpaired) electrons. The molecule has 0 unspecified atom stereocenters. The normalized spacial score (nSPS) is 10.2. The van der Waals surface area contributed by atoms with Gasteiger partial charge in [-0.3, -0.25) is 4.79 Å². The molecule has 19 heavy (non-hydrogen) atoms. The first-order valence-corrected chi connectivity index (χ1v) is 7.05. The van der Waals surface area contributed by atoms with Crippen molar-refractivity contribution in [2.45, 2.75) is 6.92 Å². The van der Waals surface area contributed by atoms with Crippen molar-refractivity contribution >= 4 is 44.8 Å². The van der Waals surface area contributed by atoms with Gasteiger partial charge < -0.3 is 10.4 Å². The number of hydrogen-bond acceptors (Lipinski definition) is 3. The van der Waals surface area contributed by atoms with E-state index in [1.807, 2.05) is 0 Å². The summed E-state index contributed by atoms with van der Waals surface area (Å²) in [6, 6.07) is 6.98. The average molecular weight is 340 g/mol. The van der Waals surface area contributed by atoms with Crippen LogP contribution in [0.15, 0.2) is 34.1 Å². The average Bonchev–Trinajstić information content (AvgIpc) is 2.71. The van der Waals surface area contributed by atoms with Gasteiger partial charge in [-0.15, -0.1) is 11.3 Å². The van der Waals surface area contributed by atoms with E-state index in [2.05, 4.69) is 21.2 Å². The highest BCUT2D eigenvalue weighted by Crippen LogP contribution is 2.28. The first-order chi connectivity index (χ1) is 9.00. The van der Waals surface area contributed by atoms with Crippen LogP contribution in [0.25, 0.3) is 0 Å². The van der Waals surface area contributed by atoms with Gasteiger partial charge in [0.25, 0.3) is 5.91 Å². The lowest BCUT2D eigenvalue weighted by Gasteiger charge is -2.07. The van der Waals surface area contributed by atoms with Crippen molar-refractivity contribution in [3.05, 3.63) is 50.1 Å². The Morgan fingerprint density at radius 3 is 2.63 bits per heavy atom. The number of rotatable bonds is 3. The summed E-state index contributed by atoms with van der Waals surface area (Å²) in [6.45, 7) is 1.76. The van der Waals surface area contributed by atoms with Crippen molar-refractivity contribution in [2.24, 2.45) is 0 Å². The molecule has 2 N–H and O–H groups in total. The van der Waals surface area contributed by atoms with Gasteiger partial charge in [-0.2, -0.15) is 0 Å². The standard InChI is InChI=1S/C13H10BrNO3S/c1-7-6-19-11(13(17)18)10(7)15-12(16)8-4-2-3-5-9(8)14/h2-6H,1H3,(H,15,16)(H,17,18). The number of aryl methyl sites for hydroxylation is 1. The second-order valence-corrected chi connectivity index (χ2v) is 5.60. The molecular formula is C13H10BrNO3S. The van der Waals surface area contributed by atoms with Gasteiger partial charge in [0, 0.05) is 4.47 Å². The van der Waals surface area contributed by atoms with Crippen LogP contribution in [0.5, 0.6) is 0 Å². The van der Waals surface area contributed by atoms with Crippen LogP contribution in [0.3, 0.4) is 0 Å². The van der Waals surface area contributed by atoms with Crippen molar-refractivity contribution in [3.63, 3.8) is 0 Å². The van der Waals surface area contributed by atoms with Gasteiger partial charge in [0.05, 0.1) is 11.3 Å². The highest BCUT2D eigenvalue weighted by atomic mass is 79.9. The SMILES string of the molecule is Cc1csc(C(=O)O)c1NC(=O)c1ccccc1Br. The van der Waals surface area contributed by atoms with Crippen molar-refractivity contribution in [1.29, 1.82) is 0 Å². The monoisotopic (exact) mass is 339 g/mol. The first-order valence-electron chi connectivity index (χ1n) is 5.38. The number of nitrogens with one attached hydrogen (secondary N) is 1. The van der Waals surface area contributed by atoms with E-state index in [-0.39, 0.29) is 10.8 Å². The third-order valence-electron chi connectivity index (χ3n) is 2.53.